The predicted octanol–water partition coefficient (Wildman–Crippen LogP) is 3.97. The second-order valence-corrected chi connectivity index (χ2v) is 5.77. The quantitative estimate of drug-likeness (QED) is 0.611. The molecule has 2 heterocycles. The van der Waals surface area contributed by atoms with Crippen molar-refractivity contribution in [3.05, 3.63) is 77.4 Å². The first kappa shape index (κ1) is 15.1. The van der Waals surface area contributed by atoms with Crippen molar-refractivity contribution in [3.8, 4) is 0 Å². The van der Waals surface area contributed by atoms with E-state index in [0.29, 0.717) is 17.9 Å². The molecule has 0 fully saturated rings. The molecule has 1 amide bonds. The van der Waals surface area contributed by atoms with E-state index in [2.05, 4.69) is 15.5 Å². The minimum absolute atomic E-state index is 0.0487. The maximum atomic E-state index is 12.3. The Hall–Kier alpha value is -3.41. The molecule has 1 N–H and O–H groups in total. The number of fused-ring (bicyclic) bond motifs is 1. The fourth-order valence-corrected chi connectivity index (χ4v) is 2.51. The van der Waals surface area contributed by atoms with E-state index in [4.69, 9.17) is 8.83 Å². The SMILES string of the molecule is Cc1ccc(Cc2nnc(NC(=O)c3cc4ccccc4o3)o2)cc1. The zero-order valence-electron chi connectivity index (χ0n) is 13.5. The van der Waals surface area contributed by atoms with E-state index >= 15 is 0 Å². The Balaban J connectivity index is 1.46. The number of nitrogens with zero attached hydrogens (tertiary/aromatic N) is 2. The maximum absolute atomic E-state index is 12.3. The number of aryl methyl sites for hydroxylation is 1. The third-order valence-electron chi connectivity index (χ3n) is 3.81. The van der Waals surface area contributed by atoms with Crippen LogP contribution >= 0.6 is 0 Å². The molecule has 124 valence electrons. The van der Waals surface area contributed by atoms with Crippen molar-refractivity contribution in [3.63, 3.8) is 0 Å². The molecular formula is C19H15N3O3. The Kier molecular flexibility index (Phi) is 3.78. The first-order chi connectivity index (χ1) is 12.2. The van der Waals surface area contributed by atoms with Crippen molar-refractivity contribution in [2.45, 2.75) is 13.3 Å². The lowest BCUT2D eigenvalue weighted by molar-refractivity contribution is 0.0995. The highest BCUT2D eigenvalue weighted by Gasteiger charge is 2.15. The van der Waals surface area contributed by atoms with Crippen LogP contribution in [0.5, 0.6) is 0 Å². The molecule has 0 aliphatic rings. The van der Waals surface area contributed by atoms with Crippen molar-refractivity contribution in [2.24, 2.45) is 0 Å². The summed E-state index contributed by atoms with van der Waals surface area (Å²) in [5.41, 5.74) is 2.90. The lowest BCUT2D eigenvalue weighted by Gasteiger charge is -1.98. The lowest BCUT2D eigenvalue weighted by Crippen LogP contribution is -2.10. The van der Waals surface area contributed by atoms with E-state index in [0.717, 1.165) is 10.9 Å². The molecule has 0 unspecified atom stereocenters. The van der Waals surface area contributed by atoms with Gasteiger partial charge in [-0.25, -0.2) is 0 Å². The van der Waals surface area contributed by atoms with Gasteiger partial charge >= 0.3 is 6.01 Å². The fourth-order valence-electron chi connectivity index (χ4n) is 2.51. The minimum atomic E-state index is -0.429. The van der Waals surface area contributed by atoms with E-state index in [1.165, 1.54) is 5.56 Å². The van der Waals surface area contributed by atoms with Crippen LogP contribution in [0.25, 0.3) is 11.0 Å². The molecule has 25 heavy (non-hydrogen) atoms. The lowest BCUT2D eigenvalue weighted by atomic mass is 10.1. The van der Waals surface area contributed by atoms with Crippen LogP contribution in [0.3, 0.4) is 0 Å². The molecule has 2 aromatic heterocycles. The Labute approximate surface area is 143 Å². The highest BCUT2D eigenvalue weighted by molar-refractivity contribution is 6.03. The molecule has 0 spiro atoms. The Morgan fingerprint density at radius 1 is 1.04 bits per heavy atom. The van der Waals surface area contributed by atoms with Gasteiger partial charge in [-0.3, -0.25) is 10.1 Å². The Morgan fingerprint density at radius 3 is 2.64 bits per heavy atom. The first-order valence-corrected chi connectivity index (χ1v) is 7.85. The standard InChI is InChI=1S/C19H15N3O3/c1-12-6-8-13(9-7-12)10-17-21-22-19(25-17)20-18(23)16-11-14-4-2-3-5-15(14)24-16/h2-9,11H,10H2,1H3,(H,20,22,23). The van der Waals surface area contributed by atoms with E-state index in [-0.39, 0.29) is 11.8 Å². The molecule has 0 atom stereocenters. The van der Waals surface area contributed by atoms with Gasteiger partial charge < -0.3 is 8.83 Å². The molecule has 0 radical (unpaired) electrons. The molecule has 4 rings (SSSR count). The van der Waals surface area contributed by atoms with Gasteiger partial charge in [-0.15, -0.1) is 5.10 Å². The van der Waals surface area contributed by atoms with Crippen LogP contribution in [-0.2, 0) is 6.42 Å². The number of furan rings is 1. The number of hydrogen-bond acceptors (Lipinski definition) is 5. The maximum Gasteiger partial charge on any atom is 0.322 e. The predicted molar refractivity (Wildman–Crippen MR) is 92.5 cm³/mol. The zero-order chi connectivity index (χ0) is 17.2. The number of amides is 1. The summed E-state index contributed by atoms with van der Waals surface area (Å²) in [5.74, 6) is 0.199. The number of para-hydroxylation sites is 1. The van der Waals surface area contributed by atoms with Crippen molar-refractivity contribution in [1.29, 1.82) is 0 Å². The van der Waals surface area contributed by atoms with Crippen LogP contribution in [0.4, 0.5) is 6.01 Å². The van der Waals surface area contributed by atoms with Gasteiger partial charge in [-0.05, 0) is 24.6 Å². The van der Waals surface area contributed by atoms with Gasteiger partial charge in [0.05, 0.1) is 6.42 Å². The van der Waals surface area contributed by atoms with Crippen molar-refractivity contribution in [2.75, 3.05) is 5.32 Å². The van der Waals surface area contributed by atoms with Gasteiger partial charge in [0, 0.05) is 5.39 Å². The van der Waals surface area contributed by atoms with Crippen LogP contribution in [0.15, 0.2) is 63.4 Å². The average Bonchev–Trinajstić information content (AvgIpc) is 3.23. The van der Waals surface area contributed by atoms with Gasteiger partial charge in [-0.2, -0.15) is 0 Å². The van der Waals surface area contributed by atoms with Crippen LogP contribution in [0.2, 0.25) is 0 Å². The fraction of sp³-hybridized carbons (Fsp3) is 0.105. The highest BCUT2D eigenvalue weighted by atomic mass is 16.4. The molecule has 0 saturated carbocycles. The molecule has 0 bridgehead atoms. The van der Waals surface area contributed by atoms with Gasteiger partial charge in [0.25, 0.3) is 5.91 Å². The molecule has 2 aromatic carbocycles. The molecule has 0 aliphatic heterocycles. The van der Waals surface area contributed by atoms with Crippen LogP contribution < -0.4 is 5.32 Å². The highest BCUT2D eigenvalue weighted by Crippen LogP contribution is 2.20. The van der Waals surface area contributed by atoms with Crippen molar-refractivity contribution in [1.82, 2.24) is 10.2 Å². The first-order valence-electron chi connectivity index (χ1n) is 7.85. The topological polar surface area (TPSA) is 81.2 Å². The molecule has 6 heteroatoms. The number of hydrogen-bond donors (Lipinski definition) is 1. The van der Waals surface area contributed by atoms with E-state index in [1.807, 2.05) is 49.4 Å². The summed E-state index contributed by atoms with van der Waals surface area (Å²) < 4.78 is 11.0. The number of carbonyl (C=O) groups excluding carboxylic acids is 1. The molecule has 6 nitrogen and oxygen atoms in total. The molecule has 4 aromatic rings. The number of rotatable bonds is 4. The van der Waals surface area contributed by atoms with Gasteiger partial charge in [-0.1, -0.05) is 53.1 Å². The second kappa shape index (κ2) is 6.24. The Bertz CT molecular complexity index is 998. The molecule has 0 aliphatic carbocycles. The third kappa shape index (κ3) is 3.28. The van der Waals surface area contributed by atoms with Gasteiger partial charge in [0.2, 0.25) is 5.89 Å². The summed E-state index contributed by atoms with van der Waals surface area (Å²) in [4.78, 5) is 12.3. The second-order valence-electron chi connectivity index (χ2n) is 5.77. The summed E-state index contributed by atoms with van der Waals surface area (Å²) >= 11 is 0. The van der Waals surface area contributed by atoms with Crippen molar-refractivity contribution < 1.29 is 13.6 Å². The number of aromatic nitrogens is 2. The van der Waals surface area contributed by atoms with Gasteiger partial charge in [0.15, 0.2) is 5.76 Å². The summed E-state index contributed by atoms with van der Waals surface area (Å²) in [6, 6.07) is 17.2. The van der Waals surface area contributed by atoms with Crippen LogP contribution in [0.1, 0.15) is 27.6 Å². The van der Waals surface area contributed by atoms with Crippen LogP contribution in [0, 0.1) is 6.92 Å². The number of anilines is 1. The van der Waals surface area contributed by atoms with E-state index < -0.39 is 5.91 Å². The monoisotopic (exact) mass is 333 g/mol. The number of carbonyl (C=O) groups is 1. The molecular weight excluding hydrogens is 318 g/mol. The molecule has 0 saturated heterocycles. The summed E-state index contributed by atoms with van der Waals surface area (Å²) in [6.07, 6.45) is 0.508. The Morgan fingerprint density at radius 2 is 1.84 bits per heavy atom. The van der Waals surface area contributed by atoms with E-state index in [1.54, 1.807) is 12.1 Å². The average molecular weight is 333 g/mol. The largest absolute Gasteiger partial charge is 0.451 e. The summed E-state index contributed by atoms with van der Waals surface area (Å²) in [7, 11) is 0. The summed E-state index contributed by atoms with van der Waals surface area (Å²) in [6.45, 7) is 2.03. The van der Waals surface area contributed by atoms with Crippen LogP contribution in [-0.4, -0.2) is 16.1 Å². The van der Waals surface area contributed by atoms with Gasteiger partial charge in [0.1, 0.15) is 5.58 Å². The minimum Gasteiger partial charge on any atom is -0.451 e. The number of nitrogens with one attached hydrogen (secondary N) is 1. The normalized spacial score (nSPS) is 10.9. The smallest absolute Gasteiger partial charge is 0.322 e. The van der Waals surface area contributed by atoms with E-state index in [9.17, 15) is 4.79 Å². The number of benzene rings is 2. The van der Waals surface area contributed by atoms with Crippen molar-refractivity contribution >= 4 is 22.9 Å². The zero-order valence-corrected chi connectivity index (χ0v) is 13.5. The third-order valence-corrected chi connectivity index (χ3v) is 3.81. The summed E-state index contributed by atoms with van der Waals surface area (Å²) in [5, 5.41) is 11.2.